The lowest BCUT2D eigenvalue weighted by atomic mass is 10.3. The van der Waals surface area contributed by atoms with Gasteiger partial charge in [-0.25, -0.2) is 17.4 Å². The first kappa shape index (κ1) is 12.6. The highest BCUT2D eigenvalue weighted by Crippen LogP contribution is 2.20. The molecule has 4 nitrogen and oxygen atoms in total. The molecule has 0 unspecified atom stereocenters. The van der Waals surface area contributed by atoms with Gasteiger partial charge in [-0.1, -0.05) is 12.1 Å². The van der Waals surface area contributed by atoms with Crippen molar-refractivity contribution in [1.82, 2.24) is 8.96 Å². The Morgan fingerprint density at radius 2 is 1.68 bits per heavy atom. The van der Waals surface area contributed by atoms with Gasteiger partial charge in [-0.3, -0.25) is 0 Å². The summed E-state index contributed by atoms with van der Waals surface area (Å²) in [5.74, 6) is 0. The Kier molecular flexibility index (Phi) is 3.06. The maximum absolute atomic E-state index is 12.5. The van der Waals surface area contributed by atoms with Gasteiger partial charge in [0, 0.05) is 3.57 Å². The maximum Gasteiger partial charge on any atom is 0.269 e. The quantitative estimate of drug-likeness (QED) is 0.639. The zero-order chi connectivity index (χ0) is 13.5. The van der Waals surface area contributed by atoms with E-state index >= 15 is 0 Å². The van der Waals surface area contributed by atoms with Crippen molar-refractivity contribution >= 4 is 43.6 Å². The van der Waals surface area contributed by atoms with E-state index < -0.39 is 10.0 Å². The zero-order valence-corrected chi connectivity index (χ0v) is 12.7. The van der Waals surface area contributed by atoms with Gasteiger partial charge in [0.05, 0.1) is 15.9 Å². The third-order valence-electron chi connectivity index (χ3n) is 2.79. The molecule has 0 saturated heterocycles. The van der Waals surface area contributed by atoms with Gasteiger partial charge in [0.2, 0.25) is 0 Å². The van der Waals surface area contributed by atoms with Crippen LogP contribution in [0.2, 0.25) is 0 Å². The van der Waals surface area contributed by atoms with E-state index in [-0.39, 0.29) is 4.90 Å². The van der Waals surface area contributed by atoms with Gasteiger partial charge in [-0.2, -0.15) is 0 Å². The number of hydrogen-bond acceptors (Lipinski definition) is 3. The highest BCUT2D eigenvalue weighted by molar-refractivity contribution is 14.1. The molecule has 0 amide bonds. The summed E-state index contributed by atoms with van der Waals surface area (Å²) in [6.45, 7) is 0. The second-order valence-electron chi connectivity index (χ2n) is 3.99. The van der Waals surface area contributed by atoms with Gasteiger partial charge >= 0.3 is 0 Å². The number of para-hydroxylation sites is 2. The van der Waals surface area contributed by atoms with Crippen molar-refractivity contribution in [3.63, 3.8) is 0 Å². The first-order valence-electron chi connectivity index (χ1n) is 5.52. The minimum Gasteiger partial charge on any atom is -0.236 e. The Balaban J connectivity index is 2.22. The van der Waals surface area contributed by atoms with Gasteiger partial charge in [-0.15, -0.1) is 0 Å². The maximum atomic E-state index is 12.5. The summed E-state index contributed by atoms with van der Waals surface area (Å²) in [5.41, 5.74) is 1.25. The van der Waals surface area contributed by atoms with E-state index in [9.17, 15) is 8.42 Å². The van der Waals surface area contributed by atoms with Crippen LogP contribution in [0.15, 0.2) is 59.8 Å². The molecule has 0 radical (unpaired) electrons. The van der Waals surface area contributed by atoms with Crippen LogP contribution in [0.1, 0.15) is 0 Å². The highest BCUT2D eigenvalue weighted by Gasteiger charge is 2.19. The van der Waals surface area contributed by atoms with Crippen molar-refractivity contribution in [3.05, 3.63) is 58.4 Å². The van der Waals surface area contributed by atoms with Gasteiger partial charge in [0.25, 0.3) is 10.0 Å². The molecule has 0 bridgehead atoms. The molecule has 19 heavy (non-hydrogen) atoms. The van der Waals surface area contributed by atoms with Crippen LogP contribution in [0.5, 0.6) is 0 Å². The van der Waals surface area contributed by atoms with E-state index in [0.29, 0.717) is 11.0 Å². The Hall–Kier alpha value is -1.41. The molecule has 1 heterocycles. The normalized spacial score (nSPS) is 11.8. The number of rotatable bonds is 2. The third-order valence-corrected chi connectivity index (χ3v) is 5.19. The molecular formula is C13H9IN2O2S. The fourth-order valence-corrected chi connectivity index (χ4v) is 3.50. The molecule has 6 heteroatoms. The van der Waals surface area contributed by atoms with Crippen molar-refractivity contribution in [3.8, 4) is 0 Å². The molecule has 96 valence electrons. The number of imidazole rings is 1. The summed E-state index contributed by atoms with van der Waals surface area (Å²) in [5, 5.41) is 0. The Morgan fingerprint density at radius 1 is 1.00 bits per heavy atom. The standard InChI is InChI=1S/C13H9IN2O2S/c14-10-5-7-11(8-6-10)19(17,18)16-9-15-12-3-1-2-4-13(12)16/h1-9H. The van der Waals surface area contributed by atoms with Crippen molar-refractivity contribution in [1.29, 1.82) is 0 Å². The minimum atomic E-state index is -3.59. The average molecular weight is 384 g/mol. The summed E-state index contributed by atoms with van der Waals surface area (Å²) in [4.78, 5) is 4.37. The molecule has 2 aromatic carbocycles. The van der Waals surface area contributed by atoms with Crippen molar-refractivity contribution in [2.75, 3.05) is 0 Å². The topological polar surface area (TPSA) is 52.0 Å². The summed E-state index contributed by atoms with van der Waals surface area (Å²) in [6.07, 6.45) is 1.35. The molecule has 0 aliphatic carbocycles. The lowest BCUT2D eigenvalue weighted by Gasteiger charge is -2.06. The number of aromatic nitrogens is 2. The van der Waals surface area contributed by atoms with E-state index in [1.165, 1.54) is 10.3 Å². The number of benzene rings is 2. The van der Waals surface area contributed by atoms with Gasteiger partial charge in [0.1, 0.15) is 6.33 Å². The number of nitrogens with zero attached hydrogens (tertiary/aromatic N) is 2. The molecule has 0 spiro atoms. The zero-order valence-electron chi connectivity index (χ0n) is 9.69. The summed E-state index contributed by atoms with van der Waals surface area (Å²) in [6, 6.07) is 13.9. The molecule has 0 atom stereocenters. The third kappa shape index (κ3) is 2.14. The number of hydrogen-bond donors (Lipinski definition) is 0. The second-order valence-corrected chi connectivity index (χ2v) is 7.05. The number of halogens is 1. The fourth-order valence-electron chi connectivity index (χ4n) is 1.85. The molecule has 1 aromatic heterocycles. The van der Waals surface area contributed by atoms with E-state index in [4.69, 9.17) is 0 Å². The summed E-state index contributed by atoms with van der Waals surface area (Å²) < 4.78 is 27.3. The van der Waals surface area contributed by atoms with E-state index in [1.807, 2.05) is 6.07 Å². The first-order valence-corrected chi connectivity index (χ1v) is 8.04. The van der Waals surface area contributed by atoms with Crippen LogP contribution in [0.25, 0.3) is 11.0 Å². The van der Waals surface area contributed by atoms with Crippen LogP contribution < -0.4 is 0 Å². The predicted molar refractivity (Wildman–Crippen MR) is 81.5 cm³/mol. The van der Waals surface area contributed by atoms with Crippen LogP contribution in [-0.4, -0.2) is 17.4 Å². The molecule has 3 rings (SSSR count). The van der Waals surface area contributed by atoms with Crippen LogP contribution in [0.3, 0.4) is 0 Å². The summed E-state index contributed by atoms with van der Waals surface area (Å²) in [7, 11) is -3.59. The van der Waals surface area contributed by atoms with Crippen molar-refractivity contribution < 1.29 is 8.42 Å². The Bertz CT molecular complexity index is 838. The lowest BCUT2D eigenvalue weighted by molar-refractivity contribution is 0.588. The van der Waals surface area contributed by atoms with Crippen LogP contribution in [-0.2, 0) is 10.0 Å². The monoisotopic (exact) mass is 384 g/mol. The molecule has 0 fully saturated rings. The lowest BCUT2D eigenvalue weighted by Crippen LogP contribution is -2.11. The van der Waals surface area contributed by atoms with Crippen LogP contribution >= 0.6 is 22.6 Å². The Morgan fingerprint density at radius 3 is 2.42 bits per heavy atom. The Labute approximate surface area is 124 Å². The second kappa shape index (κ2) is 4.61. The summed E-state index contributed by atoms with van der Waals surface area (Å²) >= 11 is 2.14. The first-order chi connectivity index (χ1) is 9.09. The minimum absolute atomic E-state index is 0.260. The van der Waals surface area contributed by atoms with Crippen LogP contribution in [0, 0.1) is 3.57 Å². The smallest absolute Gasteiger partial charge is 0.236 e. The van der Waals surface area contributed by atoms with E-state index in [0.717, 1.165) is 3.57 Å². The molecule has 0 N–H and O–H groups in total. The van der Waals surface area contributed by atoms with Gasteiger partial charge in [0.15, 0.2) is 0 Å². The predicted octanol–water partition coefficient (Wildman–Crippen LogP) is 2.88. The van der Waals surface area contributed by atoms with E-state index in [2.05, 4.69) is 27.6 Å². The van der Waals surface area contributed by atoms with Gasteiger partial charge in [-0.05, 0) is 59.0 Å². The largest absolute Gasteiger partial charge is 0.269 e. The van der Waals surface area contributed by atoms with Crippen molar-refractivity contribution in [2.45, 2.75) is 4.90 Å². The highest BCUT2D eigenvalue weighted by atomic mass is 127. The number of fused-ring (bicyclic) bond motifs is 1. The molecule has 0 aliphatic heterocycles. The molecule has 0 aliphatic rings. The van der Waals surface area contributed by atoms with Crippen molar-refractivity contribution in [2.24, 2.45) is 0 Å². The molecule has 3 aromatic rings. The van der Waals surface area contributed by atoms with Gasteiger partial charge < -0.3 is 0 Å². The van der Waals surface area contributed by atoms with E-state index in [1.54, 1.807) is 42.5 Å². The molecule has 0 saturated carbocycles. The van der Waals surface area contributed by atoms with Crippen LogP contribution in [0.4, 0.5) is 0 Å². The molecular weight excluding hydrogens is 375 g/mol. The SMILES string of the molecule is O=S(=O)(c1ccc(I)cc1)n1cnc2ccccc21. The average Bonchev–Trinajstić information content (AvgIpc) is 2.83. The fraction of sp³-hybridized carbons (Fsp3) is 0.